The predicted molar refractivity (Wildman–Crippen MR) is 105 cm³/mol. The standard InChI is InChI=1S/C18H18N2O5S2/c1-12(21)20-13-4-6-14(7-5-13)25-17(23)11-19-16(22)8-10-27-18(24)15-3-2-9-26-15/h2-7,9H,8,10-11H2,1H3,(H,19,22)(H,20,21). The summed E-state index contributed by atoms with van der Waals surface area (Å²) in [4.78, 5) is 46.9. The lowest BCUT2D eigenvalue weighted by atomic mass is 10.3. The first-order valence-electron chi connectivity index (χ1n) is 7.99. The van der Waals surface area contributed by atoms with Crippen molar-refractivity contribution in [1.82, 2.24) is 5.32 Å². The van der Waals surface area contributed by atoms with E-state index in [1.54, 1.807) is 24.3 Å². The van der Waals surface area contributed by atoms with Gasteiger partial charge >= 0.3 is 5.97 Å². The van der Waals surface area contributed by atoms with E-state index in [-0.39, 0.29) is 29.9 Å². The number of amides is 2. The summed E-state index contributed by atoms with van der Waals surface area (Å²) in [7, 11) is 0. The molecule has 0 bridgehead atoms. The topological polar surface area (TPSA) is 102 Å². The second-order valence-electron chi connectivity index (χ2n) is 5.32. The first kappa shape index (κ1) is 20.7. The minimum atomic E-state index is -0.613. The van der Waals surface area contributed by atoms with Crippen LogP contribution in [-0.2, 0) is 14.4 Å². The highest BCUT2D eigenvalue weighted by molar-refractivity contribution is 8.14. The van der Waals surface area contributed by atoms with Gasteiger partial charge in [-0.3, -0.25) is 14.4 Å². The molecule has 0 spiro atoms. The highest BCUT2D eigenvalue weighted by Crippen LogP contribution is 2.18. The number of thioether (sulfide) groups is 1. The summed E-state index contributed by atoms with van der Waals surface area (Å²) in [5.74, 6) is -0.502. The number of hydrogen-bond acceptors (Lipinski definition) is 7. The summed E-state index contributed by atoms with van der Waals surface area (Å²) < 4.78 is 5.09. The minimum absolute atomic E-state index is 0.0695. The molecule has 2 N–H and O–H groups in total. The third kappa shape index (κ3) is 7.63. The Bertz CT molecular complexity index is 804. The van der Waals surface area contributed by atoms with Crippen LogP contribution in [0.2, 0.25) is 0 Å². The lowest BCUT2D eigenvalue weighted by Gasteiger charge is -2.07. The van der Waals surface area contributed by atoms with E-state index in [0.717, 1.165) is 11.8 Å². The van der Waals surface area contributed by atoms with Gasteiger partial charge in [0.1, 0.15) is 12.3 Å². The van der Waals surface area contributed by atoms with Crippen molar-refractivity contribution in [2.75, 3.05) is 17.6 Å². The highest BCUT2D eigenvalue weighted by Gasteiger charge is 2.11. The number of anilines is 1. The van der Waals surface area contributed by atoms with Crippen LogP contribution in [0, 0.1) is 0 Å². The van der Waals surface area contributed by atoms with Crippen LogP contribution in [0.5, 0.6) is 5.75 Å². The van der Waals surface area contributed by atoms with Gasteiger partial charge in [0.15, 0.2) is 0 Å². The van der Waals surface area contributed by atoms with Gasteiger partial charge in [-0.1, -0.05) is 17.8 Å². The molecular formula is C18H18N2O5S2. The van der Waals surface area contributed by atoms with Crippen LogP contribution < -0.4 is 15.4 Å². The molecule has 0 aliphatic heterocycles. The Hall–Kier alpha value is -2.65. The van der Waals surface area contributed by atoms with E-state index >= 15 is 0 Å². The quantitative estimate of drug-likeness (QED) is 0.516. The maximum absolute atomic E-state index is 11.8. The molecule has 0 aliphatic carbocycles. The van der Waals surface area contributed by atoms with Crippen LogP contribution in [0.3, 0.4) is 0 Å². The largest absolute Gasteiger partial charge is 0.425 e. The zero-order chi connectivity index (χ0) is 19.6. The van der Waals surface area contributed by atoms with Crippen LogP contribution >= 0.6 is 23.1 Å². The minimum Gasteiger partial charge on any atom is -0.425 e. The highest BCUT2D eigenvalue weighted by atomic mass is 32.2. The number of ether oxygens (including phenoxy) is 1. The van der Waals surface area contributed by atoms with Gasteiger partial charge in [0.25, 0.3) is 0 Å². The van der Waals surface area contributed by atoms with Crippen molar-refractivity contribution in [3.8, 4) is 5.75 Å². The van der Waals surface area contributed by atoms with Gasteiger partial charge in [0.2, 0.25) is 16.9 Å². The normalized spacial score (nSPS) is 10.1. The predicted octanol–water partition coefficient (Wildman–Crippen LogP) is 2.69. The van der Waals surface area contributed by atoms with Crippen molar-refractivity contribution in [2.45, 2.75) is 13.3 Å². The van der Waals surface area contributed by atoms with Crippen LogP contribution in [0.15, 0.2) is 41.8 Å². The van der Waals surface area contributed by atoms with Gasteiger partial charge in [0.05, 0.1) is 4.88 Å². The fraction of sp³-hybridized carbons (Fsp3) is 0.222. The monoisotopic (exact) mass is 406 g/mol. The van der Waals surface area contributed by atoms with Gasteiger partial charge in [-0.05, 0) is 35.7 Å². The van der Waals surface area contributed by atoms with E-state index < -0.39 is 5.97 Å². The number of rotatable bonds is 8. The Kier molecular flexibility index (Phi) is 8.02. The van der Waals surface area contributed by atoms with Gasteiger partial charge in [-0.15, -0.1) is 11.3 Å². The second kappa shape index (κ2) is 10.5. The molecule has 0 atom stereocenters. The molecule has 1 aromatic carbocycles. The molecule has 0 saturated carbocycles. The molecular weight excluding hydrogens is 388 g/mol. The maximum atomic E-state index is 11.8. The SMILES string of the molecule is CC(=O)Nc1ccc(OC(=O)CNC(=O)CCSC(=O)c2cccs2)cc1. The molecule has 9 heteroatoms. The van der Waals surface area contributed by atoms with Gasteiger partial charge in [0, 0.05) is 24.8 Å². The van der Waals surface area contributed by atoms with Crippen molar-refractivity contribution in [3.63, 3.8) is 0 Å². The van der Waals surface area contributed by atoms with Crippen LogP contribution in [0.1, 0.15) is 23.0 Å². The number of carbonyl (C=O) groups excluding carboxylic acids is 4. The van der Waals surface area contributed by atoms with Crippen molar-refractivity contribution < 1.29 is 23.9 Å². The molecule has 0 saturated heterocycles. The van der Waals surface area contributed by atoms with Crippen molar-refractivity contribution in [2.24, 2.45) is 0 Å². The molecule has 142 valence electrons. The van der Waals surface area contributed by atoms with Gasteiger partial charge in [-0.25, -0.2) is 4.79 Å². The van der Waals surface area contributed by atoms with Crippen molar-refractivity contribution in [3.05, 3.63) is 46.7 Å². The molecule has 1 aromatic heterocycles. The Morgan fingerprint density at radius 1 is 1.11 bits per heavy atom. The van der Waals surface area contributed by atoms with Crippen molar-refractivity contribution >= 4 is 51.7 Å². The number of benzene rings is 1. The Labute approximate surface area is 164 Å². The molecule has 2 amide bonds. The zero-order valence-electron chi connectivity index (χ0n) is 14.5. The zero-order valence-corrected chi connectivity index (χ0v) is 16.2. The first-order valence-corrected chi connectivity index (χ1v) is 9.86. The average molecular weight is 406 g/mol. The summed E-state index contributed by atoms with van der Waals surface area (Å²) in [6.07, 6.45) is 0.125. The summed E-state index contributed by atoms with van der Waals surface area (Å²) in [5, 5.41) is 6.81. The average Bonchev–Trinajstić information content (AvgIpc) is 3.16. The molecule has 0 unspecified atom stereocenters. The smallest absolute Gasteiger partial charge is 0.330 e. The molecule has 27 heavy (non-hydrogen) atoms. The summed E-state index contributed by atoms with van der Waals surface area (Å²) >= 11 is 2.43. The van der Waals surface area contributed by atoms with E-state index in [4.69, 9.17) is 4.74 Å². The lowest BCUT2D eigenvalue weighted by molar-refractivity contribution is -0.135. The maximum Gasteiger partial charge on any atom is 0.330 e. The van der Waals surface area contributed by atoms with Crippen LogP contribution in [-0.4, -0.2) is 35.2 Å². The fourth-order valence-corrected chi connectivity index (χ4v) is 3.50. The molecule has 7 nitrogen and oxygen atoms in total. The summed E-state index contributed by atoms with van der Waals surface area (Å²) in [6, 6.07) is 9.81. The van der Waals surface area contributed by atoms with Gasteiger partial charge < -0.3 is 15.4 Å². The third-order valence-electron chi connectivity index (χ3n) is 3.12. The number of nitrogens with one attached hydrogen (secondary N) is 2. The van der Waals surface area contributed by atoms with E-state index in [1.807, 2.05) is 5.38 Å². The molecule has 1 heterocycles. The number of thiophene rings is 1. The summed E-state index contributed by atoms with van der Waals surface area (Å²) in [5.41, 5.74) is 0.588. The number of esters is 1. The molecule has 2 aromatic rings. The van der Waals surface area contributed by atoms with Crippen LogP contribution in [0.25, 0.3) is 0 Å². The van der Waals surface area contributed by atoms with E-state index in [2.05, 4.69) is 10.6 Å². The van der Waals surface area contributed by atoms with Crippen LogP contribution in [0.4, 0.5) is 5.69 Å². The van der Waals surface area contributed by atoms with E-state index in [1.165, 1.54) is 30.4 Å². The molecule has 0 radical (unpaired) electrons. The molecule has 0 fully saturated rings. The Morgan fingerprint density at radius 3 is 2.48 bits per heavy atom. The first-order chi connectivity index (χ1) is 12.9. The second-order valence-corrected chi connectivity index (χ2v) is 7.33. The lowest BCUT2D eigenvalue weighted by Crippen LogP contribution is -2.32. The molecule has 0 aliphatic rings. The van der Waals surface area contributed by atoms with E-state index in [0.29, 0.717) is 22.1 Å². The van der Waals surface area contributed by atoms with E-state index in [9.17, 15) is 19.2 Å². The fourth-order valence-electron chi connectivity index (χ4n) is 1.94. The Balaban J connectivity index is 1.65. The Morgan fingerprint density at radius 2 is 1.85 bits per heavy atom. The summed E-state index contributed by atoms with van der Waals surface area (Å²) in [6.45, 7) is 1.13. The third-order valence-corrected chi connectivity index (χ3v) is 5.01. The van der Waals surface area contributed by atoms with Gasteiger partial charge in [-0.2, -0.15) is 0 Å². The number of hydrogen-bond donors (Lipinski definition) is 2. The van der Waals surface area contributed by atoms with Crippen molar-refractivity contribution in [1.29, 1.82) is 0 Å². The number of carbonyl (C=O) groups is 4. The molecule has 2 rings (SSSR count).